The molecule has 23 heavy (non-hydrogen) atoms. The van der Waals surface area contributed by atoms with E-state index >= 15 is 0 Å². The predicted octanol–water partition coefficient (Wildman–Crippen LogP) is 2.26. The van der Waals surface area contributed by atoms with Gasteiger partial charge in [0, 0.05) is 0 Å². The Morgan fingerprint density at radius 2 is 1.70 bits per heavy atom. The number of benzene rings is 1. The second-order valence-corrected chi connectivity index (χ2v) is 7.25. The third kappa shape index (κ3) is 1.45. The Balaban J connectivity index is 1.48. The third-order valence-electron chi connectivity index (χ3n) is 6.41. The van der Waals surface area contributed by atoms with Gasteiger partial charge >= 0.3 is 0 Å². The summed E-state index contributed by atoms with van der Waals surface area (Å²) in [4.78, 5) is 27.2. The number of carbonyl (C=O) groups excluding carboxylic acids is 2. The molecular weight excluding hydrogens is 288 g/mol. The van der Waals surface area contributed by atoms with E-state index in [2.05, 4.69) is 18.2 Å². The maximum atomic E-state index is 12.9. The summed E-state index contributed by atoms with van der Waals surface area (Å²) in [6.07, 6.45) is 6.66. The highest BCUT2D eigenvalue weighted by Gasteiger charge is 2.73. The Kier molecular flexibility index (Phi) is 2.33. The van der Waals surface area contributed by atoms with Crippen molar-refractivity contribution in [2.75, 3.05) is 0 Å². The van der Waals surface area contributed by atoms with Crippen molar-refractivity contribution in [1.29, 1.82) is 5.26 Å². The lowest BCUT2D eigenvalue weighted by atomic mass is 9.85. The van der Waals surface area contributed by atoms with E-state index in [0.717, 1.165) is 18.4 Å². The van der Waals surface area contributed by atoms with Gasteiger partial charge in [-0.3, -0.25) is 14.5 Å². The molecule has 2 saturated carbocycles. The van der Waals surface area contributed by atoms with Crippen LogP contribution >= 0.6 is 0 Å². The Bertz CT molecular complexity index is 781. The van der Waals surface area contributed by atoms with Gasteiger partial charge in [-0.15, -0.1) is 0 Å². The fourth-order valence-corrected chi connectivity index (χ4v) is 5.23. The zero-order chi connectivity index (χ0) is 15.8. The van der Waals surface area contributed by atoms with Gasteiger partial charge in [0.25, 0.3) is 0 Å². The normalized spacial score (nSPS) is 35.0. The first kappa shape index (κ1) is 13.1. The average Bonchev–Trinajstić information content (AvgIpc) is 3.18. The quantitative estimate of drug-likeness (QED) is 0.622. The molecule has 4 aliphatic rings. The van der Waals surface area contributed by atoms with Crippen LogP contribution in [-0.4, -0.2) is 16.7 Å². The maximum absolute atomic E-state index is 12.9. The molecular formula is C19H16N2O2. The highest BCUT2D eigenvalue weighted by atomic mass is 16.2. The number of rotatable bonds is 2. The zero-order valence-corrected chi connectivity index (χ0v) is 12.6. The molecule has 2 amide bonds. The minimum Gasteiger partial charge on any atom is -0.278 e. The standard InChI is InChI=1S/C19H16N2O2/c20-9-11-3-1-2-4-12(11)10-21-17(22)15-13-5-6-14(16(15)18(21)23)19(13)7-8-19/h1-6,13-16H,7-8,10H2/t13-,14+,15+,16-. The minimum atomic E-state index is -0.158. The fraction of sp³-hybridized carbons (Fsp3) is 0.421. The van der Waals surface area contributed by atoms with Crippen molar-refractivity contribution in [3.05, 3.63) is 47.5 Å². The van der Waals surface area contributed by atoms with Gasteiger partial charge in [0.05, 0.1) is 30.0 Å². The number of fused-ring (bicyclic) bond motifs is 3. The molecule has 4 heteroatoms. The van der Waals surface area contributed by atoms with Crippen molar-refractivity contribution < 1.29 is 9.59 Å². The molecule has 0 aromatic heterocycles. The minimum absolute atomic E-state index is 0.0316. The van der Waals surface area contributed by atoms with E-state index < -0.39 is 0 Å². The molecule has 0 N–H and O–H groups in total. The SMILES string of the molecule is N#Cc1ccccc1CN1C(=O)[C@@H]2[C@H](C1=O)[C@@H]1C=C[C@H]2C12CC2. The predicted molar refractivity (Wildman–Crippen MR) is 81.5 cm³/mol. The molecule has 114 valence electrons. The van der Waals surface area contributed by atoms with E-state index in [1.807, 2.05) is 12.1 Å². The van der Waals surface area contributed by atoms with Gasteiger partial charge in [-0.25, -0.2) is 0 Å². The lowest BCUT2D eigenvalue weighted by molar-refractivity contribution is -0.141. The van der Waals surface area contributed by atoms with Gasteiger partial charge in [-0.1, -0.05) is 30.4 Å². The van der Waals surface area contributed by atoms with Crippen LogP contribution in [-0.2, 0) is 16.1 Å². The van der Waals surface area contributed by atoms with Crippen molar-refractivity contribution in [3.8, 4) is 6.07 Å². The molecule has 0 radical (unpaired) electrons. The molecule has 1 heterocycles. The summed E-state index contributed by atoms with van der Waals surface area (Å²) in [6.45, 7) is 0.223. The van der Waals surface area contributed by atoms with Crippen molar-refractivity contribution in [1.82, 2.24) is 4.90 Å². The van der Waals surface area contributed by atoms with Crippen LogP contribution < -0.4 is 0 Å². The number of hydrogen-bond donors (Lipinski definition) is 0. The van der Waals surface area contributed by atoms with Gasteiger partial charge in [-0.2, -0.15) is 5.26 Å². The summed E-state index contributed by atoms with van der Waals surface area (Å²) in [6, 6.07) is 9.33. The summed E-state index contributed by atoms with van der Waals surface area (Å²) < 4.78 is 0. The molecule has 5 rings (SSSR count). The number of likely N-dealkylation sites (tertiary alicyclic amines) is 1. The van der Waals surface area contributed by atoms with Gasteiger partial charge < -0.3 is 0 Å². The van der Waals surface area contributed by atoms with Gasteiger partial charge in [0.1, 0.15) is 0 Å². The molecule has 1 aromatic rings. The topological polar surface area (TPSA) is 61.2 Å². The van der Waals surface area contributed by atoms with Crippen LogP contribution in [0.3, 0.4) is 0 Å². The first-order valence-electron chi connectivity index (χ1n) is 8.19. The molecule has 1 aromatic carbocycles. The highest BCUT2D eigenvalue weighted by molar-refractivity contribution is 6.06. The van der Waals surface area contributed by atoms with Crippen LogP contribution in [0.15, 0.2) is 36.4 Å². The third-order valence-corrected chi connectivity index (χ3v) is 6.41. The molecule has 4 nitrogen and oxygen atoms in total. The van der Waals surface area contributed by atoms with Crippen LogP contribution in [0, 0.1) is 40.4 Å². The monoisotopic (exact) mass is 304 g/mol. The first-order chi connectivity index (χ1) is 11.2. The summed E-state index contributed by atoms with van der Waals surface area (Å²) in [5.41, 5.74) is 1.51. The second kappa shape index (κ2) is 4.11. The van der Waals surface area contributed by atoms with E-state index in [0.29, 0.717) is 5.56 Å². The van der Waals surface area contributed by atoms with Crippen LogP contribution in [0.25, 0.3) is 0 Å². The molecule has 0 unspecified atom stereocenters. The van der Waals surface area contributed by atoms with Crippen LogP contribution in [0.2, 0.25) is 0 Å². The number of nitrogens with zero attached hydrogens (tertiary/aromatic N) is 2. The number of amides is 2. The molecule has 3 fully saturated rings. The maximum Gasteiger partial charge on any atom is 0.234 e. The summed E-state index contributed by atoms with van der Waals surface area (Å²) in [5.74, 6) is 0.130. The zero-order valence-electron chi connectivity index (χ0n) is 12.6. The number of imide groups is 1. The van der Waals surface area contributed by atoms with Gasteiger partial charge in [0.15, 0.2) is 0 Å². The van der Waals surface area contributed by atoms with Gasteiger partial charge in [-0.05, 0) is 41.7 Å². The molecule has 4 atom stereocenters. The Morgan fingerprint density at radius 1 is 1.09 bits per heavy atom. The molecule has 1 saturated heterocycles. The number of hydrogen-bond acceptors (Lipinski definition) is 3. The van der Waals surface area contributed by atoms with Crippen LogP contribution in [0.5, 0.6) is 0 Å². The molecule has 1 aliphatic heterocycles. The van der Waals surface area contributed by atoms with Crippen LogP contribution in [0.1, 0.15) is 24.0 Å². The Hall–Kier alpha value is -2.41. The van der Waals surface area contributed by atoms with E-state index in [4.69, 9.17) is 0 Å². The van der Waals surface area contributed by atoms with Crippen molar-refractivity contribution in [2.24, 2.45) is 29.1 Å². The fourth-order valence-electron chi connectivity index (χ4n) is 5.23. The lowest BCUT2D eigenvalue weighted by Gasteiger charge is -2.22. The smallest absolute Gasteiger partial charge is 0.234 e. The lowest BCUT2D eigenvalue weighted by Crippen LogP contribution is -2.34. The number of nitriles is 1. The van der Waals surface area contributed by atoms with E-state index in [1.165, 1.54) is 4.90 Å². The van der Waals surface area contributed by atoms with Crippen molar-refractivity contribution in [2.45, 2.75) is 19.4 Å². The van der Waals surface area contributed by atoms with Crippen molar-refractivity contribution >= 4 is 11.8 Å². The second-order valence-electron chi connectivity index (χ2n) is 7.25. The summed E-state index contributed by atoms with van der Waals surface area (Å²) in [5, 5.41) is 9.21. The number of allylic oxidation sites excluding steroid dienone is 2. The van der Waals surface area contributed by atoms with E-state index in [9.17, 15) is 14.9 Å². The van der Waals surface area contributed by atoms with Gasteiger partial charge in [0.2, 0.25) is 11.8 Å². The molecule has 1 spiro atoms. The van der Waals surface area contributed by atoms with E-state index in [-0.39, 0.29) is 47.4 Å². The highest BCUT2D eigenvalue weighted by Crippen LogP contribution is 2.73. The average molecular weight is 304 g/mol. The molecule has 3 aliphatic carbocycles. The van der Waals surface area contributed by atoms with Crippen LogP contribution in [0.4, 0.5) is 0 Å². The Morgan fingerprint density at radius 3 is 2.26 bits per heavy atom. The summed E-state index contributed by atoms with van der Waals surface area (Å²) >= 11 is 0. The number of carbonyl (C=O) groups is 2. The van der Waals surface area contributed by atoms with E-state index in [1.54, 1.807) is 12.1 Å². The summed E-state index contributed by atoms with van der Waals surface area (Å²) in [7, 11) is 0. The largest absolute Gasteiger partial charge is 0.278 e. The molecule has 2 bridgehead atoms. The first-order valence-corrected chi connectivity index (χ1v) is 8.19. The van der Waals surface area contributed by atoms with Crippen molar-refractivity contribution in [3.63, 3.8) is 0 Å². The Labute approximate surface area is 134 Å².